The van der Waals surface area contributed by atoms with E-state index in [4.69, 9.17) is 9.47 Å². The molecule has 1 N–H and O–H groups in total. The topological polar surface area (TPSA) is 112 Å². The number of aryl methyl sites for hydroxylation is 1. The van der Waals surface area contributed by atoms with Gasteiger partial charge in [0.25, 0.3) is 5.56 Å². The number of amides is 1. The molecule has 0 aliphatic rings. The molecule has 3 rings (SSSR count). The number of aromatic nitrogens is 3. The van der Waals surface area contributed by atoms with E-state index in [1.807, 2.05) is 12.1 Å². The molecular formula is C19H20N4O5S. The molecule has 2 aromatic heterocycles. The summed E-state index contributed by atoms with van der Waals surface area (Å²) < 4.78 is 11.7. The maximum atomic E-state index is 12.8. The fraction of sp³-hybridized carbons (Fsp3) is 0.316. The Labute approximate surface area is 170 Å². The van der Waals surface area contributed by atoms with Crippen molar-refractivity contribution in [2.45, 2.75) is 20.4 Å². The highest BCUT2D eigenvalue weighted by Crippen LogP contribution is 2.31. The van der Waals surface area contributed by atoms with E-state index in [-0.39, 0.29) is 25.2 Å². The Bertz CT molecular complexity index is 1120. The molecule has 2 heterocycles. The van der Waals surface area contributed by atoms with Crippen molar-refractivity contribution in [2.24, 2.45) is 0 Å². The normalized spacial score (nSPS) is 10.7. The molecule has 0 spiro atoms. The van der Waals surface area contributed by atoms with E-state index in [0.29, 0.717) is 21.2 Å². The Hall–Kier alpha value is -3.27. The van der Waals surface area contributed by atoms with Crippen LogP contribution < -0.4 is 15.6 Å². The molecular weight excluding hydrogens is 396 g/mol. The number of esters is 1. The van der Waals surface area contributed by atoms with Crippen LogP contribution in [0.25, 0.3) is 21.5 Å². The third-order valence-electron chi connectivity index (χ3n) is 3.98. The molecule has 0 aliphatic carbocycles. The van der Waals surface area contributed by atoms with Crippen molar-refractivity contribution in [3.8, 4) is 17.0 Å². The SMILES string of the molecule is CCOC(=O)CNC(=O)Cn1nc(-c2cccc(OC)c2)c2sc(C)nc2c1=O. The molecule has 0 saturated heterocycles. The largest absolute Gasteiger partial charge is 0.497 e. The molecule has 152 valence electrons. The molecule has 0 saturated carbocycles. The van der Waals surface area contributed by atoms with Crippen molar-refractivity contribution in [1.29, 1.82) is 0 Å². The number of nitrogens with one attached hydrogen (secondary N) is 1. The van der Waals surface area contributed by atoms with Crippen molar-refractivity contribution in [2.75, 3.05) is 20.3 Å². The number of hydrogen-bond acceptors (Lipinski definition) is 8. The van der Waals surface area contributed by atoms with Gasteiger partial charge in [0.2, 0.25) is 5.91 Å². The number of fused-ring (bicyclic) bond motifs is 1. The van der Waals surface area contributed by atoms with Crippen molar-refractivity contribution in [3.63, 3.8) is 0 Å². The fourth-order valence-corrected chi connectivity index (χ4v) is 3.62. The maximum Gasteiger partial charge on any atom is 0.325 e. The van der Waals surface area contributed by atoms with Gasteiger partial charge in [-0.2, -0.15) is 5.10 Å². The van der Waals surface area contributed by atoms with Crippen LogP contribution in [0.3, 0.4) is 0 Å². The third-order valence-corrected chi connectivity index (χ3v) is 4.96. The first-order valence-corrected chi connectivity index (χ1v) is 9.69. The van der Waals surface area contributed by atoms with Gasteiger partial charge in [-0.05, 0) is 26.0 Å². The average Bonchev–Trinajstić information content (AvgIpc) is 3.10. The van der Waals surface area contributed by atoms with Crippen molar-refractivity contribution < 1.29 is 19.1 Å². The molecule has 0 aliphatic heterocycles. The van der Waals surface area contributed by atoms with Crippen LogP contribution in [0.15, 0.2) is 29.1 Å². The molecule has 0 unspecified atom stereocenters. The first-order chi connectivity index (χ1) is 13.9. The Morgan fingerprint density at radius 3 is 2.83 bits per heavy atom. The summed E-state index contributed by atoms with van der Waals surface area (Å²) in [6.07, 6.45) is 0. The van der Waals surface area contributed by atoms with Gasteiger partial charge in [0.1, 0.15) is 24.5 Å². The molecule has 1 aromatic carbocycles. The zero-order chi connectivity index (χ0) is 21.0. The average molecular weight is 416 g/mol. The first-order valence-electron chi connectivity index (χ1n) is 8.88. The summed E-state index contributed by atoms with van der Waals surface area (Å²) in [6.45, 7) is 3.08. The number of carbonyl (C=O) groups is 2. The standard InChI is InChI=1S/C19H20N4O5S/c1-4-28-15(25)9-20-14(24)10-23-19(26)17-18(29-11(2)21-17)16(22-23)12-6-5-7-13(8-12)27-3/h5-8H,4,9-10H2,1-3H3,(H,20,24). The zero-order valence-electron chi connectivity index (χ0n) is 16.2. The van der Waals surface area contributed by atoms with Gasteiger partial charge in [-0.1, -0.05) is 12.1 Å². The number of rotatable bonds is 7. The second kappa shape index (κ2) is 8.82. The minimum atomic E-state index is -0.552. The third kappa shape index (κ3) is 4.60. The number of nitrogens with zero attached hydrogens (tertiary/aromatic N) is 3. The maximum absolute atomic E-state index is 12.8. The molecule has 0 fully saturated rings. The number of methoxy groups -OCH3 is 1. The summed E-state index contributed by atoms with van der Waals surface area (Å²) in [5.41, 5.74) is 1.04. The van der Waals surface area contributed by atoms with Crippen LogP contribution in [-0.4, -0.2) is 46.9 Å². The Balaban J connectivity index is 1.98. The van der Waals surface area contributed by atoms with E-state index in [0.717, 1.165) is 10.2 Å². The van der Waals surface area contributed by atoms with E-state index in [1.165, 1.54) is 11.3 Å². The molecule has 0 radical (unpaired) electrons. The smallest absolute Gasteiger partial charge is 0.325 e. The van der Waals surface area contributed by atoms with Crippen molar-refractivity contribution >= 4 is 33.4 Å². The highest BCUT2D eigenvalue weighted by atomic mass is 32.1. The lowest BCUT2D eigenvalue weighted by Gasteiger charge is -2.10. The van der Waals surface area contributed by atoms with E-state index in [2.05, 4.69) is 15.4 Å². The zero-order valence-corrected chi connectivity index (χ0v) is 17.0. The summed E-state index contributed by atoms with van der Waals surface area (Å²) in [7, 11) is 1.56. The van der Waals surface area contributed by atoms with Gasteiger partial charge in [0.15, 0.2) is 5.52 Å². The monoisotopic (exact) mass is 416 g/mol. The van der Waals surface area contributed by atoms with Crippen LogP contribution in [0.5, 0.6) is 5.75 Å². The van der Waals surface area contributed by atoms with Crippen LogP contribution in [0.2, 0.25) is 0 Å². The molecule has 0 atom stereocenters. The van der Waals surface area contributed by atoms with Crippen LogP contribution in [0, 0.1) is 6.92 Å². The van der Waals surface area contributed by atoms with Crippen molar-refractivity contribution in [3.05, 3.63) is 39.6 Å². The molecule has 3 aromatic rings. The minimum Gasteiger partial charge on any atom is -0.497 e. The fourth-order valence-electron chi connectivity index (χ4n) is 2.71. The van der Waals surface area contributed by atoms with Crippen molar-refractivity contribution in [1.82, 2.24) is 20.1 Å². The lowest BCUT2D eigenvalue weighted by molar-refractivity contribution is -0.143. The molecule has 9 nitrogen and oxygen atoms in total. The predicted molar refractivity (Wildman–Crippen MR) is 108 cm³/mol. The van der Waals surface area contributed by atoms with Gasteiger partial charge >= 0.3 is 5.97 Å². The molecule has 29 heavy (non-hydrogen) atoms. The van der Waals surface area contributed by atoms with Gasteiger partial charge in [0, 0.05) is 5.56 Å². The first kappa shape index (κ1) is 20.5. The summed E-state index contributed by atoms with van der Waals surface area (Å²) in [5.74, 6) is -0.442. The molecule has 0 bridgehead atoms. The second-order valence-electron chi connectivity index (χ2n) is 6.04. The van der Waals surface area contributed by atoms with E-state index in [9.17, 15) is 14.4 Å². The van der Waals surface area contributed by atoms with Crippen LogP contribution >= 0.6 is 11.3 Å². The predicted octanol–water partition coefficient (Wildman–Crippen LogP) is 1.52. The van der Waals surface area contributed by atoms with E-state index in [1.54, 1.807) is 33.1 Å². The number of thiazole rings is 1. The number of ether oxygens (including phenoxy) is 2. The summed E-state index contributed by atoms with van der Waals surface area (Å²) in [6, 6.07) is 7.26. The van der Waals surface area contributed by atoms with Gasteiger partial charge in [-0.3, -0.25) is 14.4 Å². The summed E-state index contributed by atoms with van der Waals surface area (Å²) in [4.78, 5) is 40.7. The Morgan fingerprint density at radius 1 is 1.31 bits per heavy atom. The minimum absolute atomic E-state index is 0.222. The highest BCUT2D eigenvalue weighted by molar-refractivity contribution is 7.19. The highest BCUT2D eigenvalue weighted by Gasteiger charge is 2.18. The van der Waals surface area contributed by atoms with Crippen LogP contribution in [0.4, 0.5) is 0 Å². The van der Waals surface area contributed by atoms with E-state index < -0.39 is 17.4 Å². The van der Waals surface area contributed by atoms with Crippen LogP contribution in [0.1, 0.15) is 11.9 Å². The van der Waals surface area contributed by atoms with Gasteiger partial charge in [-0.25, -0.2) is 9.67 Å². The summed E-state index contributed by atoms with van der Waals surface area (Å²) >= 11 is 1.36. The Morgan fingerprint density at radius 2 is 2.10 bits per heavy atom. The van der Waals surface area contributed by atoms with Gasteiger partial charge in [0.05, 0.1) is 23.4 Å². The van der Waals surface area contributed by atoms with Gasteiger partial charge < -0.3 is 14.8 Å². The molecule has 1 amide bonds. The van der Waals surface area contributed by atoms with E-state index >= 15 is 0 Å². The number of hydrogen-bond donors (Lipinski definition) is 1. The van der Waals surface area contributed by atoms with Gasteiger partial charge in [-0.15, -0.1) is 11.3 Å². The molecule has 10 heteroatoms. The summed E-state index contributed by atoms with van der Waals surface area (Å²) in [5, 5.41) is 7.54. The number of benzene rings is 1. The lowest BCUT2D eigenvalue weighted by atomic mass is 10.1. The quantitative estimate of drug-likeness (QED) is 0.581. The van der Waals surface area contributed by atoms with Crippen LogP contribution in [-0.2, 0) is 20.9 Å². The Kier molecular flexibility index (Phi) is 6.23. The number of carbonyl (C=O) groups excluding carboxylic acids is 2. The lowest BCUT2D eigenvalue weighted by Crippen LogP contribution is -2.37. The second-order valence-corrected chi connectivity index (χ2v) is 7.24.